The highest BCUT2D eigenvalue weighted by atomic mass is 35.5. The van der Waals surface area contributed by atoms with E-state index in [0.717, 1.165) is 37.4 Å². The maximum absolute atomic E-state index is 13.7. The smallest absolute Gasteiger partial charge is 0.141 e. The minimum Gasteiger partial charge on any atom is -0.369 e. The Hall–Kier alpha value is -2.30. The molecular formula is C23H25ClFN3. The minimum absolute atomic E-state index is 0.148. The van der Waals surface area contributed by atoms with E-state index in [-0.39, 0.29) is 5.02 Å². The normalized spacial score (nSPS) is 14.5. The maximum atomic E-state index is 13.7. The summed E-state index contributed by atoms with van der Waals surface area (Å²) in [5.74, 6) is -0.393. The van der Waals surface area contributed by atoms with Crippen LogP contribution in [0.4, 0.5) is 10.1 Å². The fourth-order valence-electron chi connectivity index (χ4n) is 4.06. The fourth-order valence-corrected chi connectivity index (χ4v) is 4.24. The molecule has 1 aliphatic heterocycles. The molecule has 28 heavy (non-hydrogen) atoms. The van der Waals surface area contributed by atoms with Crippen molar-refractivity contribution in [2.24, 2.45) is 7.05 Å². The number of anilines is 1. The van der Waals surface area contributed by atoms with Gasteiger partial charge in [-0.2, -0.15) is 0 Å². The summed E-state index contributed by atoms with van der Waals surface area (Å²) in [6, 6.07) is 13.7. The predicted molar refractivity (Wildman–Crippen MR) is 116 cm³/mol. The average Bonchev–Trinajstić information content (AvgIpc) is 2.95. The monoisotopic (exact) mass is 397 g/mol. The predicted octanol–water partition coefficient (Wildman–Crippen LogP) is 5.18. The maximum Gasteiger partial charge on any atom is 0.141 e. The zero-order chi connectivity index (χ0) is 19.8. The van der Waals surface area contributed by atoms with Crippen LogP contribution in [0, 0.1) is 19.7 Å². The van der Waals surface area contributed by atoms with Gasteiger partial charge >= 0.3 is 0 Å². The summed E-state index contributed by atoms with van der Waals surface area (Å²) in [5, 5.41) is 3.55. The topological polar surface area (TPSA) is 20.2 Å². The second kappa shape index (κ2) is 7.61. The molecule has 0 unspecified atom stereocenters. The van der Waals surface area contributed by atoms with Crippen LogP contribution in [0.3, 0.4) is 0 Å². The van der Waals surface area contributed by atoms with Crippen LogP contribution in [0.5, 0.6) is 0 Å². The Morgan fingerprint density at radius 2 is 1.75 bits per heavy atom. The van der Waals surface area contributed by atoms with Gasteiger partial charge in [0.05, 0.1) is 10.7 Å². The van der Waals surface area contributed by atoms with E-state index < -0.39 is 5.82 Å². The summed E-state index contributed by atoms with van der Waals surface area (Å²) in [6.45, 7) is 8.30. The molecule has 2 aromatic carbocycles. The number of benzene rings is 2. The Labute approximate surface area is 170 Å². The lowest BCUT2D eigenvalue weighted by Crippen LogP contribution is -2.43. The zero-order valence-electron chi connectivity index (χ0n) is 16.5. The van der Waals surface area contributed by atoms with E-state index in [1.807, 2.05) is 0 Å². The van der Waals surface area contributed by atoms with Crippen LogP contribution in [0.2, 0.25) is 5.02 Å². The molecule has 1 saturated heterocycles. The van der Waals surface area contributed by atoms with Crippen LogP contribution in [-0.4, -0.2) is 30.7 Å². The molecule has 0 bridgehead atoms. The largest absolute Gasteiger partial charge is 0.369 e. The third-order valence-corrected chi connectivity index (χ3v) is 6.09. The summed E-state index contributed by atoms with van der Waals surface area (Å²) in [7, 11) is 2.05. The van der Waals surface area contributed by atoms with Crippen molar-refractivity contribution in [1.29, 1.82) is 0 Å². The zero-order valence-corrected chi connectivity index (χ0v) is 17.3. The summed E-state index contributed by atoms with van der Waals surface area (Å²) >= 11 is 6.09. The first-order valence-corrected chi connectivity index (χ1v) is 10.0. The summed E-state index contributed by atoms with van der Waals surface area (Å²) < 4.78 is 15.9. The van der Waals surface area contributed by atoms with Gasteiger partial charge in [0.1, 0.15) is 5.82 Å². The lowest BCUT2D eigenvalue weighted by atomic mass is 9.97. The van der Waals surface area contributed by atoms with Gasteiger partial charge in [0.2, 0.25) is 0 Å². The van der Waals surface area contributed by atoms with Crippen LogP contribution in [-0.2, 0) is 7.05 Å². The van der Waals surface area contributed by atoms with E-state index in [1.165, 1.54) is 34.1 Å². The first-order chi connectivity index (χ1) is 13.5. The Morgan fingerprint density at radius 1 is 1.00 bits per heavy atom. The first kappa shape index (κ1) is 19.0. The van der Waals surface area contributed by atoms with E-state index in [0.29, 0.717) is 0 Å². The van der Waals surface area contributed by atoms with Crippen LogP contribution in [0.25, 0.3) is 22.4 Å². The summed E-state index contributed by atoms with van der Waals surface area (Å²) in [4.78, 5) is 2.42. The number of piperazine rings is 1. The van der Waals surface area contributed by atoms with Gasteiger partial charge in [-0.25, -0.2) is 4.39 Å². The second-order valence-corrected chi connectivity index (χ2v) is 7.82. The lowest BCUT2D eigenvalue weighted by molar-refractivity contribution is 0.589. The Bertz CT molecular complexity index is 1020. The minimum atomic E-state index is -0.393. The molecule has 5 heteroatoms. The lowest BCUT2D eigenvalue weighted by Gasteiger charge is -2.29. The molecule has 1 N–H and O–H groups in total. The molecule has 1 aliphatic rings. The van der Waals surface area contributed by atoms with E-state index in [2.05, 4.69) is 59.9 Å². The third kappa shape index (κ3) is 3.31. The van der Waals surface area contributed by atoms with Gasteiger partial charge in [0.25, 0.3) is 0 Å². The van der Waals surface area contributed by atoms with Crippen molar-refractivity contribution in [3.8, 4) is 22.4 Å². The Kier molecular flexibility index (Phi) is 5.17. The highest BCUT2D eigenvalue weighted by Gasteiger charge is 2.20. The van der Waals surface area contributed by atoms with Crippen molar-refractivity contribution >= 4 is 17.3 Å². The van der Waals surface area contributed by atoms with Crippen LogP contribution >= 0.6 is 11.6 Å². The molecule has 146 valence electrons. The van der Waals surface area contributed by atoms with Gasteiger partial charge in [-0.15, -0.1) is 0 Å². The van der Waals surface area contributed by atoms with Gasteiger partial charge in [-0.3, -0.25) is 0 Å². The standard InChI is InChI=1S/C23H25ClFN3/c1-15-16(2)27(3)23(18-7-8-21(25)20(24)14-18)22(15)17-5-4-6-19(13-17)28-11-9-26-10-12-28/h4-8,13-14,26H,9-12H2,1-3H3. The Morgan fingerprint density at radius 3 is 2.46 bits per heavy atom. The highest BCUT2D eigenvalue weighted by Crippen LogP contribution is 2.40. The van der Waals surface area contributed by atoms with Crippen molar-refractivity contribution in [2.45, 2.75) is 13.8 Å². The molecular weight excluding hydrogens is 373 g/mol. The van der Waals surface area contributed by atoms with E-state index >= 15 is 0 Å². The third-order valence-electron chi connectivity index (χ3n) is 5.80. The molecule has 0 spiro atoms. The number of hydrogen-bond acceptors (Lipinski definition) is 2. The van der Waals surface area contributed by atoms with Crippen LogP contribution < -0.4 is 10.2 Å². The molecule has 0 saturated carbocycles. The van der Waals surface area contributed by atoms with Gasteiger partial charge < -0.3 is 14.8 Å². The quantitative estimate of drug-likeness (QED) is 0.657. The summed E-state index contributed by atoms with van der Waals surface area (Å²) in [6.07, 6.45) is 0. The highest BCUT2D eigenvalue weighted by molar-refractivity contribution is 6.31. The van der Waals surface area contributed by atoms with Crippen molar-refractivity contribution in [1.82, 2.24) is 9.88 Å². The molecule has 3 aromatic rings. The van der Waals surface area contributed by atoms with E-state index in [4.69, 9.17) is 11.6 Å². The molecule has 4 rings (SSSR count). The van der Waals surface area contributed by atoms with E-state index in [9.17, 15) is 4.39 Å². The first-order valence-electron chi connectivity index (χ1n) is 9.64. The number of rotatable bonds is 3. The van der Waals surface area contributed by atoms with E-state index in [1.54, 1.807) is 12.1 Å². The molecule has 0 amide bonds. The Balaban J connectivity index is 1.86. The van der Waals surface area contributed by atoms with Gasteiger partial charge in [0, 0.05) is 55.7 Å². The number of nitrogens with one attached hydrogen (secondary N) is 1. The average molecular weight is 398 g/mol. The second-order valence-electron chi connectivity index (χ2n) is 7.41. The molecule has 0 radical (unpaired) electrons. The van der Waals surface area contributed by atoms with Gasteiger partial charge in [-0.05, 0) is 55.3 Å². The molecule has 2 heterocycles. The van der Waals surface area contributed by atoms with Crippen molar-refractivity contribution in [3.05, 3.63) is 64.6 Å². The number of aromatic nitrogens is 1. The molecule has 1 fully saturated rings. The SMILES string of the molecule is Cc1c(-c2cccc(N3CCNCC3)c2)c(-c2ccc(F)c(Cl)c2)n(C)c1C. The molecule has 0 atom stereocenters. The van der Waals surface area contributed by atoms with Gasteiger partial charge in [-0.1, -0.05) is 23.7 Å². The van der Waals surface area contributed by atoms with Crippen molar-refractivity contribution in [3.63, 3.8) is 0 Å². The number of nitrogens with zero attached hydrogens (tertiary/aromatic N) is 2. The summed E-state index contributed by atoms with van der Waals surface area (Å²) in [5.41, 5.74) is 8.01. The van der Waals surface area contributed by atoms with Crippen LogP contribution in [0.1, 0.15) is 11.3 Å². The van der Waals surface area contributed by atoms with Crippen LogP contribution in [0.15, 0.2) is 42.5 Å². The molecule has 0 aliphatic carbocycles. The van der Waals surface area contributed by atoms with Crippen molar-refractivity contribution in [2.75, 3.05) is 31.1 Å². The van der Waals surface area contributed by atoms with Crippen molar-refractivity contribution < 1.29 is 4.39 Å². The van der Waals surface area contributed by atoms with Gasteiger partial charge in [0.15, 0.2) is 0 Å². The number of hydrogen-bond donors (Lipinski definition) is 1. The fraction of sp³-hybridized carbons (Fsp3) is 0.304. The molecule has 1 aromatic heterocycles. The molecule has 3 nitrogen and oxygen atoms in total. The number of halogens is 2.